The first-order chi connectivity index (χ1) is 6.49. The summed E-state index contributed by atoms with van der Waals surface area (Å²) in [5, 5.41) is 19.3. The number of aryl methyl sites for hydroxylation is 2. The van der Waals surface area contributed by atoms with Gasteiger partial charge < -0.3 is 0 Å². The SMILES string of the molecule is Cc1cc(C)c([N+](=O)[O-])c(Br)c1[N+]#N. The van der Waals surface area contributed by atoms with Crippen molar-refractivity contribution >= 4 is 27.3 Å². The van der Waals surface area contributed by atoms with Crippen molar-refractivity contribution in [3.63, 3.8) is 0 Å². The molecule has 0 N–H and O–H groups in total. The Balaban J connectivity index is 3.62. The van der Waals surface area contributed by atoms with E-state index in [1.807, 2.05) is 0 Å². The van der Waals surface area contributed by atoms with Gasteiger partial charge in [-0.3, -0.25) is 10.1 Å². The van der Waals surface area contributed by atoms with Crippen LogP contribution in [-0.4, -0.2) is 4.92 Å². The Morgan fingerprint density at radius 1 is 1.50 bits per heavy atom. The molecule has 0 saturated carbocycles. The van der Waals surface area contributed by atoms with Crippen LogP contribution in [0, 0.1) is 29.4 Å². The van der Waals surface area contributed by atoms with Crippen LogP contribution in [0.15, 0.2) is 10.5 Å². The predicted molar refractivity (Wildman–Crippen MR) is 55.0 cm³/mol. The molecule has 5 nitrogen and oxygen atoms in total. The molecule has 0 fully saturated rings. The molecule has 0 aliphatic rings. The quantitative estimate of drug-likeness (QED) is 0.439. The van der Waals surface area contributed by atoms with Crippen LogP contribution in [-0.2, 0) is 0 Å². The zero-order valence-electron chi connectivity index (χ0n) is 7.61. The first kappa shape index (κ1) is 10.6. The lowest BCUT2D eigenvalue weighted by Gasteiger charge is -1.98. The predicted octanol–water partition coefficient (Wildman–Crippen LogP) is 3.46. The number of benzene rings is 1. The van der Waals surface area contributed by atoms with Crippen molar-refractivity contribution in [1.82, 2.24) is 0 Å². The van der Waals surface area contributed by atoms with Crippen LogP contribution >= 0.6 is 15.9 Å². The summed E-state index contributed by atoms with van der Waals surface area (Å²) in [4.78, 5) is 13.2. The Morgan fingerprint density at radius 2 is 2.07 bits per heavy atom. The maximum Gasteiger partial charge on any atom is 0.408 e. The third kappa shape index (κ3) is 1.59. The molecule has 0 heterocycles. The van der Waals surface area contributed by atoms with Gasteiger partial charge in [0.2, 0.25) is 5.39 Å². The van der Waals surface area contributed by atoms with Crippen LogP contribution in [0.1, 0.15) is 11.1 Å². The van der Waals surface area contributed by atoms with Crippen molar-refractivity contribution in [3.8, 4) is 0 Å². The van der Waals surface area contributed by atoms with Gasteiger partial charge in [0, 0.05) is 11.1 Å². The molecular formula is C8H7BrN3O2+. The molecule has 6 heteroatoms. The Kier molecular flexibility index (Phi) is 2.81. The average Bonchev–Trinajstić information content (AvgIpc) is 2.02. The Labute approximate surface area is 88.6 Å². The van der Waals surface area contributed by atoms with E-state index in [1.54, 1.807) is 19.9 Å². The molecule has 14 heavy (non-hydrogen) atoms. The van der Waals surface area contributed by atoms with E-state index in [-0.39, 0.29) is 15.8 Å². The highest BCUT2D eigenvalue weighted by molar-refractivity contribution is 9.10. The lowest BCUT2D eigenvalue weighted by Crippen LogP contribution is -1.94. The largest absolute Gasteiger partial charge is 0.408 e. The van der Waals surface area contributed by atoms with E-state index in [4.69, 9.17) is 5.39 Å². The summed E-state index contributed by atoms with van der Waals surface area (Å²) >= 11 is 3.05. The van der Waals surface area contributed by atoms with Crippen LogP contribution < -0.4 is 0 Å². The normalized spacial score (nSPS) is 9.57. The second-order valence-corrected chi connectivity index (χ2v) is 3.67. The zero-order chi connectivity index (χ0) is 10.9. The maximum atomic E-state index is 10.7. The van der Waals surface area contributed by atoms with Gasteiger partial charge in [-0.2, -0.15) is 0 Å². The first-order valence-corrected chi connectivity index (χ1v) is 4.57. The molecule has 1 aromatic carbocycles. The summed E-state index contributed by atoms with van der Waals surface area (Å²) in [7, 11) is 0. The minimum Gasteiger partial charge on any atom is -0.258 e. The van der Waals surface area contributed by atoms with E-state index in [0.717, 1.165) is 0 Å². The number of rotatable bonds is 1. The highest BCUT2D eigenvalue weighted by Gasteiger charge is 2.28. The van der Waals surface area contributed by atoms with Gasteiger partial charge in [0.15, 0.2) is 9.45 Å². The summed E-state index contributed by atoms with van der Waals surface area (Å²) in [6.07, 6.45) is 0. The molecule has 0 aromatic heterocycles. The van der Waals surface area contributed by atoms with Gasteiger partial charge in [-0.25, -0.2) is 0 Å². The Hall–Kier alpha value is -1.48. The summed E-state index contributed by atoms with van der Waals surface area (Å²) in [6.45, 7) is 3.35. The number of hydrogen-bond donors (Lipinski definition) is 0. The van der Waals surface area contributed by atoms with Gasteiger partial charge in [0.05, 0.1) is 4.92 Å². The van der Waals surface area contributed by atoms with Crippen molar-refractivity contribution in [2.75, 3.05) is 0 Å². The molecule has 0 atom stereocenters. The molecular weight excluding hydrogens is 250 g/mol. The summed E-state index contributed by atoms with van der Waals surface area (Å²) in [6, 6.07) is 1.61. The summed E-state index contributed by atoms with van der Waals surface area (Å²) in [5.41, 5.74) is 1.35. The zero-order valence-corrected chi connectivity index (χ0v) is 9.20. The van der Waals surface area contributed by atoms with Gasteiger partial charge in [-0.15, -0.1) is 0 Å². The maximum absolute atomic E-state index is 10.7. The van der Waals surface area contributed by atoms with Crippen LogP contribution in [0.25, 0.3) is 4.98 Å². The molecule has 0 aliphatic heterocycles. The molecule has 0 spiro atoms. The number of nitro groups is 1. The molecule has 0 amide bonds. The number of hydrogen-bond acceptors (Lipinski definition) is 3. The third-order valence-electron chi connectivity index (χ3n) is 1.88. The van der Waals surface area contributed by atoms with Gasteiger partial charge in [0.1, 0.15) is 0 Å². The van der Waals surface area contributed by atoms with Crippen LogP contribution in [0.2, 0.25) is 0 Å². The number of halogens is 1. The number of nitrogens with zero attached hydrogens (tertiary/aromatic N) is 3. The minimum absolute atomic E-state index is 0.0663. The van der Waals surface area contributed by atoms with E-state index >= 15 is 0 Å². The van der Waals surface area contributed by atoms with Crippen LogP contribution in [0.4, 0.5) is 11.4 Å². The molecule has 72 valence electrons. The molecule has 1 aromatic rings. The number of diazo groups is 1. The standard InChI is InChI=1S/C8H7BrN3O2/c1-4-3-5(2)8(12(13)14)6(9)7(4)11-10/h3H,1-2H3/q+1. The highest BCUT2D eigenvalue weighted by atomic mass is 79.9. The molecule has 1 rings (SSSR count). The number of nitro benzene ring substituents is 1. The molecule has 0 aliphatic carbocycles. The van der Waals surface area contributed by atoms with E-state index in [1.165, 1.54) is 0 Å². The topological polar surface area (TPSA) is 71.3 Å². The molecule has 0 bridgehead atoms. The van der Waals surface area contributed by atoms with Crippen molar-refractivity contribution in [2.45, 2.75) is 13.8 Å². The van der Waals surface area contributed by atoms with Crippen LogP contribution in [0.5, 0.6) is 0 Å². The van der Waals surface area contributed by atoms with Crippen molar-refractivity contribution in [2.24, 2.45) is 0 Å². The summed E-state index contributed by atoms with van der Waals surface area (Å²) < 4.78 is 0.211. The van der Waals surface area contributed by atoms with Gasteiger partial charge in [-0.05, 0) is 35.8 Å². The lowest BCUT2D eigenvalue weighted by atomic mass is 10.1. The van der Waals surface area contributed by atoms with Crippen molar-refractivity contribution in [1.29, 1.82) is 5.39 Å². The van der Waals surface area contributed by atoms with Crippen molar-refractivity contribution in [3.05, 3.63) is 36.8 Å². The summed E-state index contributed by atoms with van der Waals surface area (Å²) in [5.74, 6) is 0. The fourth-order valence-corrected chi connectivity index (χ4v) is 2.12. The smallest absolute Gasteiger partial charge is 0.258 e. The molecule has 0 radical (unpaired) electrons. The minimum atomic E-state index is -0.506. The van der Waals surface area contributed by atoms with Gasteiger partial charge in [-0.1, -0.05) is 0 Å². The Bertz CT molecular complexity index is 451. The monoisotopic (exact) mass is 256 g/mol. The fraction of sp³-hybridized carbons (Fsp3) is 0.250. The molecule has 0 unspecified atom stereocenters. The van der Waals surface area contributed by atoms with Gasteiger partial charge >= 0.3 is 5.69 Å². The van der Waals surface area contributed by atoms with E-state index in [2.05, 4.69) is 20.9 Å². The fourth-order valence-electron chi connectivity index (χ4n) is 1.27. The average molecular weight is 257 g/mol. The van der Waals surface area contributed by atoms with E-state index in [9.17, 15) is 10.1 Å². The second kappa shape index (κ2) is 3.72. The first-order valence-electron chi connectivity index (χ1n) is 3.78. The van der Waals surface area contributed by atoms with E-state index < -0.39 is 4.92 Å². The lowest BCUT2D eigenvalue weighted by molar-refractivity contribution is -0.386. The second-order valence-electron chi connectivity index (χ2n) is 2.88. The molecule has 0 saturated heterocycles. The van der Waals surface area contributed by atoms with E-state index in [0.29, 0.717) is 11.1 Å². The van der Waals surface area contributed by atoms with Gasteiger partial charge in [0.25, 0.3) is 5.69 Å². The van der Waals surface area contributed by atoms with Crippen molar-refractivity contribution < 1.29 is 4.92 Å². The highest BCUT2D eigenvalue weighted by Crippen LogP contribution is 2.39. The van der Waals surface area contributed by atoms with Crippen LogP contribution in [0.3, 0.4) is 0 Å². The third-order valence-corrected chi connectivity index (χ3v) is 2.63. The Morgan fingerprint density at radius 3 is 2.50 bits per heavy atom.